The second kappa shape index (κ2) is 8.27. The van der Waals surface area contributed by atoms with Gasteiger partial charge in [0.15, 0.2) is 9.75 Å². The highest BCUT2D eigenvalue weighted by molar-refractivity contribution is 9.09. The number of hydrogen-bond acceptors (Lipinski definition) is 6. The number of alkyl halides is 3. The van der Waals surface area contributed by atoms with Crippen LogP contribution >= 0.6 is 39.1 Å². The van der Waals surface area contributed by atoms with Gasteiger partial charge in [-0.25, -0.2) is 4.79 Å². The zero-order valence-electron chi connectivity index (χ0n) is 19.6. The molecule has 196 valence electrons. The van der Waals surface area contributed by atoms with E-state index in [0.29, 0.717) is 21.4 Å². The first-order valence-corrected chi connectivity index (χ1v) is 13.7. The van der Waals surface area contributed by atoms with Crippen molar-refractivity contribution in [3.8, 4) is 5.75 Å². The summed E-state index contributed by atoms with van der Waals surface area (Å²) in [5, 5.41) is 12.5. The van der Waals surface area contributed by atoms with Crippen molar-refractivity contribution in [1.29, 1.82) is 0 Å². The molecule has 2 aliphatic heterocycles. The lowest BCUT2D eigenvalue weighted by atomic mass is 9.56. The van der Waals surface area contributed by atoms with Crippen LogP contribution in [0.5, 0.6) is 5.75 Å². The highest BCUT2D eigenvalue weighted by atomic mass is 79.9. The third kappa shape index (κ3) is 2.91. The van der Waals surface area contributed by atoms with Gasteiger partial charge < -0.3 is 10.8 Å². The molecule has 6 amide bonds. The van der Waals surface area contributed by atoms with Gasteiger partial charge in [0.05, 0.1) is 17.3 Å². The number of hydrogen-bond donors (Lipinski definition) is 2. The molecule has 6 rings (SSSR count). The lowest BCUT2D eigenvalue weighted by molar-refractivity contribution is -0.139. The van der Waals surface area contributed by atoms with Crippen molar-refractivity contribution in [2.24, 2.45) is 23.5 Å². The van der Waals surface area contributed by atoms with Gasteiger partial charge in [0.1, 0.15) is 5.75 Å². The van der Waals surface area contributed by atoms with Crippen LogP contribution in [-0.4, -0.2) is 59.8 Å². The minimum absolute atomic E-state index is 0.0828. The van der Waals surface area contributed by atoms with Crippen LogP contribution in [0.2, 0.25) is 0 Å². The van der Waals surface area contributed by atoms with Crippen molar-refractivity contribution in [3.05, 3.63) is 53.6 Å². The average Bonchev–Trinajstić information content (AvgIpc) is 3.22. The van der Waals surface area contributed by atoms with E-state index >= 15 is 0 Å². The first-order chi connectivity index (χ1) is 18.0. The van der Waals surface area contributed by atoms with Crippen molar-refractivity contribution in [2.75, 3.05) is 5.45 Å². The first kappa shape index (κ1) is 25.3. The number of carbonyl (C=O) groups is 5. The number of benzene rings is 2. The minimum Gasteiger partial charge on any atom is -0.508 e. The van der Waals surface area contributed by atoms with Gasteiger partial charge in [-0.2, -0.15) is 4.90 Å². The van der Waals surface area contributed by atoms with Gasteiger partial charge in [-0.3, -0.25) is 24.1 Å². The van der Waals surface area contributed by atoms with Crippen molar-refractivity contribution in [2.45, 2.75) is 28.5 Å². The van der Waals surface area contributed by atoms with E-state index in [4.69, 9.17) is 28.9 Å². The Kier molecular flexibility index (Phi) is 5.52. The van der Waals surface area contributed by atoms with Gasteiger partial charge in [0.25, 0.3) is 11.8 Å². The van der Waals surface area contributed by atoms with E-state index < -0.39 is 63.1 Å². The van der Waals surface area contributed by atoms with Gasteiger partial charge >= 0.3 is 6.03 Å². The molecular formula is C26H20BrCl2N3O6. The highest BCUT2D eigenvalue weighted by Crippen LogP contribution is 2.66. The standard InChI is InChI=1S/C26H20BrCl2N3O6/c27-10-31-22(36)25(28)9-15-13(6-7-14-17(15)21(35)32(20(14)34)24(30)38)19(26(25,29)23(31)37)18-12-4-2-1-3-11(12)5-8-16(18)33/h1-6,8,14-15,17,19,33H,7,9-10H2,(H2,30,38). The van der Waals surface area contributed by atoms with E-state index in [9.17, 15) is 29.1 Å². The van der Waals surface area contributed by atoms with E-state index in [1.807, 2.05) is 12.1 Å². The van der Waals surface area contributed by atoms with Crippen LogP contribution in [0.25, 0.3) is 10.8 Å². The summed E-state index contributed by atoms with van der Waals surface area (Å²) in [6, 6.07) is 9.19. The summed E-state index contributed by atoms with van der Waals surface area (Å²) in [6.45, 7) is 0. The Morgan fingerprint density at radius 1 is 1.05 bits per heavy atom. The Hall–Kier alpha value is -2.95. The number of allylic oxidation sites excluding steroid dienone is 2. The number of phenols is 1. The normalized spacial score (nSPS) is 34.3. The second-order valence-electron chi connectivity index (χ2n) is 10.1. The molecule has 1 saturated carbocycles. The fourth-order valence-corrected chi connectivity index (χ4v) is 8.28. The van der Waals surface area contributed by atoms with E-state index in [-0.39, 0.29) is 24.0 Å². The molecule has 0 bridgehead atoms. The average molecular weight is 621 g/mol. The quantitative estimate of drug-likeness (QED) is 0.229. The zero-order chi connectivity index (χ0) is 27.3. The summed E-state index contributed by atoms with van der Waals surface area (Å²) >= 11 is 17.5. The lowest BCUT2D eigenvalue weighted by Crippen LogP contribution is -2.60. The smallest absolute Gasteiger partial charge is 0.328 e. The summed E-state index contributed by atoms with van der Waals surface area (Å²) in [5.41, 5.74) is 5.98. The number of fused-ring (bicyclic) bond motifs is 5. The van der Waals surface area contributed by atoms with Crippen LogP contribution in [0.3, 0.4) is 0 Å². The largest absolute Gasteiger partial charge is 0.508 e. The Morgan fingerprint density at radius 3 is 2.45 bits per heavy atom. The molecule has 9 nitrogen and oxygen atoms in total. The van der Waals surface area contributed by atoms with Crippen LogP contribution < -0.4 is 5.73 Å². The maximum Gasteiger partial charge on any atom is 0.328 e. The SMILES string of the molecule is NC(=O)N1C(=O)C2CC=C3C(CC4(Cl)C(=O)N(CBr)C(=O)C4(Cl)C3c3c(O)ccc4ccccc34)C2C1=O. The van der Waals surface area contributed by atoms with E-state index in [1.165, 1.54) is 6.07 Å². The fraction of sp³-hybridized carbons (Fsp3) is 0.346. The molecule has 2 heterocycles. The molecule has 0 radical (unpaired) electrons. The summed E-state index contributed by atoms with van der Waals surface area (Å²) in [4.78, 5) is 63.2. The van der Waals surface area contributed by atoms with Crippen LogP contribution in [0, 0.1) is 17.8 Å². The Balaban J connectivity index is 1.65. The number of carbonyl (C=O) groups excluding carboxylic acids is 5. The van der Waals surface area contributed by atoms with E-state index in [1.54, 1.807) is 24.3 Å². The molecule has 38 heavy (non-hydrogen) atoms. The van der Waals surface area contributed by atoms with Crippen LogP contribution in [0.1, 0.15) is 24.3 Å². The van der Waals surface area contributed by atoms with Crippen LogP contribution in [0.4, 0.5) is 4.79 Å². The zero-order valence-corrected chi connectivity index (χ0v) is 22.7. The summed E-state index contributed by atoms with van der Waals surface area (Å²) in [7, 11) is 0. The third-order valence-corrected chi connectivity index (χ3v) is 10.4. The first-order valence-electron chi connectivity index (χ1n) is 11.9. The number of primary amides is 1. The molecule has 6 atom stereocenters. The van der Waals surface area contributed by atoms with Gasteiger partial charge in [0, 0.05) is 11.5 Å². The molecule has 2 saturated heterocycles. The predicted molar refractivity (Wildman–Crippen MR) is 140 cm³/mol. The molecule has 3 N–H and O–H groups in total. The Bertz CT molecular complexity index is 1530. The number of halogens is 3. The van der Waals surface area contributed by atoms with Crippen LogP contribution in [0.15, 0.2) is 48.0 Å². The molecule has 0 spiro atoms. The summed E-state index contributed by atoms with van der Waals surface area (Å²) in [6.07, 6.45) is 1.58. The highest BCUT2D eigenvalue weighted by Gasteiger charge is 2.76. The van der Waals surface area contributed by atoms with E-state index in [0.717, 1.165) is 10.3 Å². The van der Waals surface area contributed by atoms with Gasteiger partial charge in [0.2, 0.25) is 11.8 Å². The van der Waals surface area contributed by atoms with Crippen molar-refractivity contribution in [1.82, 2.24) is 9.80 Å². The number of nitrogens with two attached hydrogens (primary N) is 1. The number of aromatic hydroxyl groups is 1. The Labute approximate surface area is 234 Å². The van der Waals surface area contributed by atoms with Crippen molar-refractivity contribution >= 4 is 79.6 Å². The third-order valence-electron chi connectivity index (χ3n) is 8.47. The van der Waals surface area contributed by atoms with Gasteiger partial charge in [-0.1, -0.05) is 57.9 Å². The maximum absolute atomic E-state index is 13.9. The molecule has 3 fully saturated rings. The number of nitrogens with zero attached hydrogens (tertiary/aromatic N) is 2. The molecule has 6 unspecified atom stereocenters. The second-order valence-corrected chi connectivity index (χ2v) is 11.8. The molecule has 2 aliphatic carbocycles. The fourth-order valence-electron chi connectivity index (χ4n) is 6.87. The summed E-state index contributed by atoms with van der Waals surface area (Å²) in [5.74, 6) is -7.00. The Morgan fingerprint density at radius 2 is 1.76 bits per heavy atom. The maximum atomic E-state index is 13.9. The number of urea groups is 1. The lowest BCUT2D eigenvalue weighted by Gasteiger charge is -2.51. The topological polar surface area (TPSA) is 138 Å². The molecule has 12 heteroatoms. The number of phenolic OH excluding ortho intramolecular Hbond substituents is 1. The molecular weight excluding hydrogens is 601 g/mol. The predicted octanol–water partition coefficient (Wildman–Crippen LogP) is 3.34. The minimum atomic E-state index is -2.05. The summed E-state index contributed by atoms with van der Waals surface area (Å²) < 4.78 is 0. The number of likely N-dealkylation sites (tertiary alicyclic amines) is 2. The number of amides is 6. The van der Waals surface area contributed by atoms with Gasteiger partial charge in [-0.15, -0.1) is 23.2 Å². The van der Waals surface area contributed by atoms with E-state index in [2.05, 4.69) is 15.9 Å². The van der Waals surface area contributed by atoms with Gasteiger partial charge in [-0.05, 0) is 35.6 Å². The van der Waals surface area contributed by atoms with Crippen LogP contribution in [-0.2, 0) is 19.2 Å². The van der Waals surface area contributed by atoms with Crippen molar-refractivity contribution in [3.63, 3.8) is 0 Å². The number of imide groups is 4. The monoisotopic (exact) mass is 619 g/mol. The molecule has 4 aliphatic rings. The number of rotatable bonds is 2. The molecule has 0 aromatic heterocycles. The molecule has 2 aromatic carbocycles. The molecule has 2 aromatic rings. The van der Waals surface area contributed by atoms with Crippen molar-refractivity contribution < 1.29 is 29.1 Å².